The van der Waals surface area contributed by atoms with Crippen molar-refractivity contribution in [1.82, 2.24) is 4.90 Å². The van der Waals surface area contributed by atoms with Gasteiger partial charge in [0.05, 0.1) is 0 Å². The molecule has 116 valence electrons. The second-order valence-corrected chi connectivity index (χ2v) is 5.91. The number of likely N-dealkylation sites (tertiary alicyclic amines) is 1. The van der Waals surface area contributed by atoms with Gasteiger partial charge in [-0.2, -0.15) is 0 Å². The lowest BCUT2D eigenvalue weighted by Gasteiger charge is -2.29. The first-order valence-electron chi connectivity index (χ1n) is 8.41. The second-order valence-electron chi connectivity index (χ2n) is 5.91. The van der Waals surface area contributed by atoms with Crippen molar-refractivity contribution in [2.75, 3.05) is 18.4 Å². The normalized spacial score (nSPS) is 19.1. The van der Waals surface area contributed by atoms with Crippen molar-refractivity contribution in [2.24, 2.45) is 0 Å². The Bertz CT molecular complexity index is 441. The molecule has 1 unspecified atom stereocenters. The first-order valence-corrected chi connectivity index (χ1v) is 8.41. The number of nitrogens with zero attached hydrogens (tertiary/aromatic N) is 1. The summed E-state index contributed by atoms with van der Waals surface area (Å²) in [5.41, 5.74) is 1.91. The predicted molar refractivity (Wildman–Crippen MR) is 88.8 cm³/mol. The van der Waals surface area contributed by atoms with Crippen molar-refractivity contribution < 1.29 is 4.79 Å². The van der Waals surface area contributed by atoms with Crippen LogP contribution in [0.4, 0.5) is 5.69 Å². The number of carbonyl (C=O) groups excluding carboxylic acids is 1. The van der Waals surface area contributed by atoms with Crippen LogP contribution in [-0.4, -0.2) is 29.9 Å². The maximum Gasteiger partial charge on any atom is 0.254 e. The average molecular weight is 288 g/mol. The molecule has 1 aliphatic heterocycles. The Kier molecular flexibility index (Phi) is 6.09. The Morgan fingerprint density at radius 2 is 1.95 bits per heavy atom. The lowest BCUT2D eigenvalue weighted by molar-refractivity contribution is 0.0678. The Morgan fingerprint density at radius 1 is 1.19 bits per heavy atom. The van der Waals surface area contributed by atoms with Crippen LogP contribution < -0.4 is 5.32 Å². The van der Waals surface area contributed by atoms with E-state index in [0.29, 0.717) is 6.04 Å². The third-order valence-corrected chi connectivity index (χ3v) is 4.32. The molecule has 1 saturated heterocycles. The highest BCUT2D eigenvalue weighted by Gasteiger charge is 2.24. The van der Waals surface area contributed by atoms with Gasteiger partial charge >= 0.3 is 0 Å². The Hall–Kier alpha value is -1.51. The van der Waals surface area contributed by atoms with Crippen LogP contribution >= 0.6 is 0 Å². The lowest BCUT2D eigenvalue weighted by Crippen LogP contribution is -2.39. The van der Waals surface area contributed by atoms with E-state index >= 15 is 0 Å². The van der Waals surface area contributed by atoms with Gasteiger partial charge in [0.2, 0.25) is 0 Å². The molecule has 1 atom stereocenters. The molecule has 0 bridgehead atoms. The highest BCUT2D eigenvalue weighted by atomic mass is 16.2. The molecular weight excluding hydrogens is 260 g/mol. The van der Waals surface area contributed by atoms with Crippen LogP contribution in [0.25, 0.3) is 0 Å². The van der Waals surface area contributed by atoms with Gasteiger partial charge in [0.25, 0.3) is 5.91 Å². The summed E-state index contributed by atoms with van der Waals surface area (Å²) in [5.74, 6) is 0.200. The molecule has 0 saturated carbocycles. The number of hydrogen-bond acceptors (Lipinski definition) is 2. The van der Waals surface area contributed by atoms with Crippen molar-refractivity contribution >= 4 is 11.6 Å². The molecule has 0 aromatic heterocycles. The first kappa shape index (κ1) is 15.9. The van der Waals surface area contributed by atoms with E-state index < -0.39 is 0 Å². The zero-order valence-electron chi connectivity index (χ0n) is 13.4. The van der Waals surface area contributed by atoms with E-state index in [1.54, 1.807) is 0 Å². The molecule has 1 aromatic carbocycles. The number of carbonyl (C=O) groups is 1. The van der Waals surface area contributed by atoms with E-state index in [1.165, 1.54) is 12.8 Å². The summed E-state index contributed by atoms with van der Waals surface area (Å²) >= 11 is 0. The molecule has 1 aromatic rings. The summed E-state index contributed by atoms with van der Waals surface area (Å²) in [5, 5.41) is 3.35. The summed E-state index contributed by atoms with van der Waals surface area (Å²) in [7, 11) is 0. The summed E-state index contributed by atoms with van der Waals surface area (Å²) in [6, 6.07) is 8.36. The molecule has 21 heavy (non-hydrogen) atoms. The molecule has 0 aliphatic carbocycles. The summed E-state index contributed by atoms with van der Waals surface area (Å²) in [6.45, 7) is 6.22. The minimum Gasteiger partial charge on any atom is -0.385 e. The standard InChI is InChI=1S/C18H28N2O/c1-3-13-19-16-11-9-15(10-12-16)18(21)20-14-7-5-6-8-17(20)4-2/h9-12,17,19H,3-8,13-14H2,1-2H3. The summed E-state index contributed by atoms with van der Waals surface area (Å²) < 4.78 is 0. The smallest absolute Gasteiger partial charge is 0.254 e. The average Bonchev–Trinajstić information content (AvgIpc) is 2.78. The first-order chi connectivity index (χ1) is 10.3. The summed E-state index contributed by atoms with van der Waals surface area (Å²) in [6.07, 6.45) is 6.95. The van der Waals surface area contributed by atoms with E-state index in [0.717, 1.165) is 50.0 Å². The Morgan fingerprint density at radius 3 is 2.62 bits per heavy atom. The largest absolute Gasteiger partial charge is 0.385 e. The quantitative estimate of drug-likeness (QED) is 0.876. The number of rotatable bonds is 5. The van der Waals surface area contributed by atoms with Gasteiger partial charge in [-0.3, -0.25) is 4.79 Å². The van der Waals surface area contributed by atoms with E-state index in [4.69, 9.17) is 0 Å². The molecule has 1 heterocycles. The molecule has 1 fully saturated rings. The number of amides is 1. The predicted octanol–water partition coefficient (Wildman–Crippen LogP) is 4.30. The summed E-state index contributed by atoms with van der Waals surface area (Å²) in [4.78, 5) is 14.9. The monoisotopic (exact) mass is 288 g/mol. The van der Waals surface area contributed by atoms with E-state index in [2.05, 4.69) is 24.1 Å². The Labute approximate surface area is 128 Å². The second kappa shape index (κ2) is 8.06. The maximum absolute atomic E-state index is 12.8. The number of nitrogens with one attached hydrogen (secondary N) is 1. The number of benzene rings is 1. The third kappa shape index (κ3) is 4.23. The van der Waals surface area contributed by atoms with Gasteiger partial charge < -0.3 is 10.2 Å². The zero-order valence-corrected chi connectivity index (χ0v) is 13.4. The maximum atomic E-state index is 12.8. The fraction of sp³-hybridized carbons (Fsp3) is 0.611. The van der Waals surface area contributed by atoms with Gasteiger partial charge in [0, 0.05) is 30.4 Å². The van der Waals surface area contributed by atoms with Gasteiger partial charge in [-0.15, -0.1) is 0 Å². The van der Waals surface area contributed by atoms with Gasteiger partial charge in [-0.05, 0) is 49.9 Å². The van der Waals surface area contributed by atoms with E-state index in [1.807, 2.05) is 24.3 Å². The fourth-order valence-corrected chi connectivity index (χ4v) is 3.03. The van der Waals surface area contributed by atoms with Crippen LogP contribution in [0.3, 0.4) is 0 Å². The van der Waals surface area contributed by atoms with Crippen LogP contribution in [-0.2, 0) is 0 Å². The minimum absolute atomic E-state index is 0.200. The van der Waals surface area contributed by atoms with Gasteiger partial charge in [0.1, 0.15) is 0 Å². The lowest BCUT2D eigenvalue weighted by atomic mass is 10.1. The minimum atomic E-state index is 0.200. The number of anilines is 1. The van der Waals surface area contributed by atoms with Crippen molar-refractivity contribution in [3.05, 3.63) is 29.8 Å². The van der Waals surface area contributed by atoms with Gasteiger partial charge in [-0.1, -0.05) is 26.7 Å². The highest BCUT2D eigenvalue weighted by Crippen LogP contribution is 2.22. The molecule has 0 radical (unpaired) electrons. The van der Waals surface area contributed by atoms with Gasteiger partial charge in [0.15, 0.2) is 0 Å². The Balaban J connectivity index is 2.06. The highest BCUT2D eigenvalue weighted by molar-refractivity contribution is 5.94. The van der Waals surface area contributed by atoms with Crippen molar-refractivity contribution in [2.45, 2.75) is 58.4 Å². The molecule has 1 aliphatic rings. The SMILES string of the molecule is CCCNc1ccc(C(=O)N2CCCCCC2CC)cc1. The number of hydrogen-bond donors (Lipinski definition) is 1. The van der Waals surface area contributed by atoms with Crippen LogP contribution in [0.5, 0.6) is 0 Å². The molecule has 1 N–H and O–H groups in total. The molecule has 0 spiro atoms. The van der Waals surface area contributed by atoms with Crippen LogP contribution in [0.2, 0.25) is 0 Å². The molecular formula is C18H28N2O. The van der Waals surface area contributed by atoms with Crippen LogP contribution in [0.1, 0.15) is 62.7 Å². The zero-order chi connectivity index (χ0) is 15.1. The van der Waals surface area contributed by atoms with Crippen molar-refractivity contribution in [3.8, 4) is 0 Å². The molecule has 3 heteroatoms. The fourth-order valence-electron chi connectivity index (χ4n) is 3.03. The van der Waals surface area contributed by atoms with E-state index in [9.17, 15) is 4.79 Å². The molecule has 2 rings (SSSR count). The third-order valence-electron chi connectivity index (χ3n) is 4.32. The van der Waals surface area contributed by atoms with Crippen molar-refractivity contribution in [1.29, 1.82) is 0 Å². The van der Waals surface area contributed by atoms with Gasteiger partial charge in [-0.25, -0.2) is 0 Å². The van der Waals surface area contributed by atoms with E-state index in [-0.39, 0.29) is 5.91 Å². The molecule has 1 amide bonds. The molecule has 3 nitrogen and oxygen atoms in total. The van der Waals surface area contributed by atoms with Crippen LogP contribution in [0.15, 0.2) is 24.3 Å². The van der Waals surface area contributed by atoms with Crippen LogP contribution in [0, 0.1) is 0 Å². The topological polar surface area (TPSA) is 32.3 Å². The van der Waals surface area contributed by atoms with Crippen molar-refractivity contribution in [3.63, 3.8) is 0 Å².